The lowest BCUT2D eigenvalue weighted by atomic mass is 10.1. The Kier molecular flexibility index (Phi) is 5.85. The van der Waals surface area contributed by atoms with Gasteiger partial charge in [-0.15, -0.1) is 0 Å². The number of hydrogen-bond acceptors (Lipinski definition) is 3. The number of Topliss-reactive ketones (excluding diaryl/α,β-unsaturated/α-hetero) is 1. The zero-order valence-corrected chi connectivity index (χ0v) is 12.5. The maximum Gasteiger partial charge on any atom is 0.313 e. The van der Waals surface area contributed by atoms with Crippen molar-refractivity contribution in [1.82, 2.24) is 0 Å². The predicted octanol–water partition coefficient (Wildman–Crippen LogP) is 3.74. The van der Waals surface area contributed by atoms with Gasteiger partial charge >= 0.3 is 5.97 Å². The van der Waals surface area contributed by atoms with Crippen LogP contribution in [-0.4, -0.2) is 18.4 Å². The molecule has 17 heavy (non-hydrogen) atoms. The van der Waals surface area contributed by atoms with Gasteiger partial charge in [0.05, 0.1) is 6.61 Å². The molecule has 1 aromatic carbocycles. The van der Waals surface area contributed by atoms with Crippen LogP contribution in [0.4, 0.5) is 0 Å². The lowest BCUT2D eigenvalue weighted by molar-refractivity contribution is -0.142. The van der Waals surface area contributed by atoms with Crippen molar-refractivity contribution in [2.45, 2.75) is 19.8 Å². The van der Waals surface area contributed by atoms with Crippen LogP contribution in [0.25, 0.3) is 0 Å². The van der Waals surface area contributed by atoms with Crippen LogP contribution in [0.1, 0.15) is 30.1 Å². The van der Waals surface area contributed by atoms with Crippen LogP contribution in [0.2, 0.25) is 0 Å². The van der Waals surface area contributed by atoms with E-state index in [1.165, 1.54) is 0 Å². The Hall–Kier alpha value is -0.680. The molecule has 0 heterocycles. The minimum Gasteiger partial charge on any atom is -0.465 e. The predicted molar refractivity (Wildman–Crippen MR) is 72.0 cm³/mol. The summed E-state index contributed by atoms with van der Waals surface area (Å²) < 4.78 is 6.21. The number of esters is 1. The van der Waals surface area contributed by atoms with E-state index < -0.39 is 5.97 Å². The van der Waals surface area contributed by atoms with E-state index in [0.717, 1.165) is 6.42 Å². The minimum atomic E-state index is -0.487. The van der Waals surface area contributed by atoms with E-state index in [1.807, 2.05) is 6.92 Å². The van der Waals surface area contributed by atoms with Crippen molar-refractivity contribution in [3.63, 3.8) is 0 Å². The van der Waals surface area contributed by atoms with E-state index in [9.17, 15) is 9.59 Å². The number of halogens is 2. The van der Waals surface area contributed by atoms with Crippen LogP contribution < -0.4 is 0 Å². The van der Waals surface area contributed by atoms with Crippen molar-refractivity contribution in [2.24, 2.45) is 0 Å². The summed E-state index contributed by atoms with van der Waals surface area (Å²) in [5.41, 5.74) is 0.473. The Morgan fingerprint density at radius 1 is 1.24 bits per heavy atom. The third-order valence-electron chi connectivity index (χ3n) is 2.01. The number of rotatable bonds is 5. The van der Waals surface area contributed by atoms with Crippen molar-refractivity contribution >= 4 is 43.6 Å². The summed E-state index contributed by atoms with van der Waals surface area (Å²) in [6.45, 7) is 2.25. The highest BCUT2D eigenvalue weighted by atomic mass is 79.9. The van der Waals surface area contributed by atoms with Crippen molar-refractivity contribution in [3.05, 3.63) is 32.7 Å². The summed E-state index contributed by atoms with van der Waals surface area (Å²) >= 11 is 6.57. The topological polar surface area (TPSA) is 43.4 Å². The van der Waals surface area contributed by atoms with Crippen molar-refractivity contribution in [2.75, 3.05) is 6.61 Å². The molecule has 0 saturated heterocycles. The molecule has 0 saturated carbocycles. The number of carbonyl (C=O) groups excluding carboxylic acids is 2. The minimum absolute atomic E-state index is 0.235. The van der Waals surface area contributed by atoms with Crippen LogP contribution in [0.3, 0.4) is 0 Å². The second-order valence-corrected chi connectivity index (χ2v) is 5.13. The first-order chi connectivity index (χ1) is 8.06. The average Bonchev–Trinajstić information content (AvgIpc) is 2.26. The lowest BCUT2D eigenvalue weighted by Crippen LogP contribution is -2.12. The molecule has 92 valence electrons. The second kappa shape index (κ2) is 6.91. The van der Waals surface area contributed by atoms with E-state index in [4.69, 9.17) is 4.74 Å². The summed E-state index contributed by atoms with van der Waals surface area (Å²) in [6, 6.07) is 5.32. The molecule has 3 nitrogen and oxygen atoms in total. The fraction of sp³-hybridized carbons (Fsp3) is 0.333. The van der Waals surface area contributed by atoms with Gasteiger partial charge in [-0.3, -0.25) is 9.59 Å². The Morgan fingerprint density at radius 2 is 1.82 bits per heavy atom. The van der Waals surface area contributed by atoms with E-state index in [1.54, 1.807) is 18.2 Å². The molecule has 0 aromatic heterocycles. The molecule has 0 fully saturated rings. The standard InChI is InChI=1S/C12H12Br2O3/c1-2-6-17-11(16)7-10(15)12-8(13)4-3-5-9(12)14/h3-5H,2,6-7H2,1H3. The number of ether oxygens (including phenoxy) is 1. The maximum absolute atomic E-state index is 11.9. The average molecular weight is 364 g/mol. The maximum atomic E-state index is 11.9. The first-order valence-corrected chi connectivity index (χ1v) is 6.77. The SMILES string of the molecule is CCCOC(=O)CC(=O)c1c(Br)cccc1Br. The van der Waals surface area contributed by atoms with Gasteiger partial charge in [-0.2, -0.15) is 0 Å². The Labute approximate surface area is 117 Å². The third kappa shape index (κ3) is 4.24. The van der Waals surface area contributed by atoms with Gasteiger partial charge < -0.3 is 4.74 Å². The summed E-state index contributed by atoms with van der Waals surface area (Å²) in [6.07, 6.45) is 0.514. The first-order valence-electron chi connectivity index (χ1n) is 5.19. The molecule has 0 amide bonds. The molecule has 0 aliphatic carbocycles. The highest BCUT2D eigenvalue weighted by Crippen LogP contribution is 2.26. The van der Waals surface area contributed by atoms with Crippen molar-refractivity contribution in [1.29, 1.82) is 0 Å². The summed E-state index contributed by atoms with van der Waals surface area (Å²) in [5.74, 6) is -0.745. The molecule has 0 aliphatic rings. The monoisotopic (exact) mass is 362 g/mol. The highest BCUT2D eigenvalue weighted by Gasteiger charge is 2.17. The number of hydrogen-bond donors (Lipinski definition) is 0. The van der Waals surface area contributed by atoms with Crippen molar-refractivity contribution in [3.8, 4) is 0 Å². The molecule has 0 radical (unpaired) electrons. The second-order valence-electron chi connectivity index (χ2n) is 3.42. The molecular formula is C12H12Br2O3. The van der Waals surface area contributed by atoms with Crippen LogP contribution in [0, 0.1) is 0 Å². The van der Waals surface area contributed by atoms with Gasteiger partial charge in [0, 0.05) is 14.5 Å². The van der Waals surface area contributed by atoms with Crippen LogP contribution in [0.5, 0.6) is 0 Å². The van der Waals surface area contributed by atoms with Gasteiger partial charge in [-0.25, -0.2) is 0 Å². The van der Waals surface area contributed by atoms with Gasteiger partial charge in [-0.05, 0) is 18.6 Å². The van der Waals surface area contributed by atoms with E-state index in [0.29, 0.717) is 21.1 Å². The fourth-order valence-corrected chi connectivity index (χ4v) is 2.69. The summed E-state index contributed by atoms with van der Waals surface area (Å²) in [4.78, 5) is 23.2. The zero-order valence-electron chi connectivity index (χ0n) is 9.33. The van der Waals surface area contributed by atoms with Crippen molar-refractivity contribution < 1.29 is 14.3 Å². The molecule has 0 N–H and O–H groups in total. The quantitative estimate of drug-likeness (QED) is 0.454. The summed E-state index contributed by atoms with van der Waals surface area (Å²) in [5, 5.41) is 0. The lowest BCUT2D eigenvalue weighted by Gasteiger charge is -2.06. The fourth-order valence-electron chi connectivity index (χ4n) is 1.25. The molecular weight excluding hydrogens is 352 g/mol. The third-order valence-corrected chi connectivity index (χ3v) is 3.34. The van der Waals surface area contributed by atoms with Gasteiger partial charge in [0.25, 0.3) is 0 Å². The molecule has 1 rings (SSSR count). The van der Waals surface area contributed by atoms with Crippen LogP contribution >= 0.6 is 31.9 Å². The van der Waals surface area contributed by atoms with E-state index in [2.05, 4.69) is 31.9 Å². The molecule has 0 spiro atoms. The van der Waals surface area contributed by atoms with Gasteiger partial charge in [0.15, 0.2) is 5.78 Å². The van der Waals surface area contributed by atoms with Crippen LogP contribution in [0.15, 0.2) is 27.1 Å². The first kappa shape index (κ1) is 14.4. The molecule has 0 bridgehead atoms. The Bertz CT molecular complexity index is 410. The van der Waals surface area contributed by atoms with Gasteiger partial charge in [-0.1, -0.05) is 44.8 Å². The van der Waals surface area contributed by atoms with Crippen LogP contribution in [-0.2, 0) is 9.53 Å². The molecule has 0 atom stereocenters. The smallest absolute Gasteiger partial charge is 0.313 e. The normalized spacial score (nSPS) is 10.1. The number of ketones is 1. The summed E-state index contributed by atoms with van der Waals surface area (Å²) in [7, 11) is 0. The number of carbonyl (C=O) groups is 2. The van der Waals surface area contributed by atoms with E-state index in [-0.39, 0.29) is 12.2 Å². The highest BCUT2D eigenvalue weighted by molar-refractivity contribution is 9.11. The number of benzene rings is 1. The molecule has 0 aliphatic heterocycles. The molecule has 5 heteroatoms. The van der Waals surface area contributed by atoms with Gasteiger partial charge in [0.2, 0.25) is 0 Å². The zero-order chi connectivity index (χ0) is 12.8. The molecule has 1 aromatic rings. The van der Waals surface area contributed by atoms with E-state index >= 15 is 0 Å². The largest absolute Gasteiger partial charge is 0.465 e. The Balaban J connectivity index is 2.73. The van der Waals surface area contributed by atoms with Gasteiger partial charge in [0.1, 0.15) is 6.42 Å². The molecule has 0 unspecified atom stereocenters. The Morgan fingerprint density at radius 3 is 2.35 bits per heavy atom.